The smallest absolute Gasteiger partial charge is 0.304 e. The molecule has 4 heterocycles. The van der Waals surface area contributed by atoms with Gasteiger partial charge in [-0.2, -0.15) is 4.39 Å². The molecular formula is C32H34F2N4O5S. The topological polar surface area (TPSA) is 113 Å². The number of anilines is 2. The first-order valence-electron chi connectivity index (χ1n) is 15.1. The Morgan fingerprint density at radius 3 is 2.57 bits per heavy atom. The highest BCUT2D eigenvalue weighted by molar-refractivity contribution is 7.14. The number of halogens is 2. The minimum atomic E-state index is -1.06. The third-order valence-electron chi connectivity index (χ3n) is 8.55. The number of nitrogens with zero attached hydrogens (tertiary/aromatic N) is 4. The van der Waals surface area contributed by atoms with E-state index in [4.69, 9.17) is 4.74 Å². The van der Waals surface area contributed by atoms with E-state index >= 15 is 4.39 Å². The highest BCUT2D eigenvalue weighted by atomic mass is 32.1. The summed E-state index contributed by atoms with van der Waals surface area (Å²) < 4.78 is 35.7. The molecule has 1 aliphatic carbocycles. The van der Waals surface area contributed by atoms with E-state index in [9.17, 15) is 23.9 Å². The molecule has 1 saturated carbocycles. The second kappa shape index (κ2) is 13.1. The summed E-state index contributed by atoms with van der Waals surface area (Å²) in [6.45, 7) is 1.76. The summed E-state index contributed by atoms with van der Waals surface area (Å²) in [6, 6.07) is 7.32. The van der Waals surface area contributed by atoms with Gasteiger partial charge < -0.3 is 9.84 Å². The van der Waals surface area contributed by atoms with E-state index in [1.54, 1.807) is 23.2 Å². The molecule has 2 amide bonds. The van der Waals surface area contributed by atoms with Crippen LogP contribution >= 0.6 is 11.3 Å². The second-order valence-electron chi connectivity index (χ2n) is 11.7. The Bertz CT molecular complexity index is 1540. The Kier molecular flexibility index (Phi) is 8.99. The summed E-state index contributed by atoms with van der Waals surface area (Å²) in [6.07, 6.45) is 6.84. The molecule has 1 N–H and O–H groups in total. The predicted molar refractivity (Wildman–Crippen MR) is 161 cm³/mol. The Morgan fingerprint density at radius 2 is 1.89 bits per heavy atom. The maximum atomic E-state index is 15.7. The lowest BCUT2D eigenvalue weighted by Crippen LogP contribution is -2.40. The molecule has 0 bridgehead atoms. The van der Waals surface area contributed by atoms with E-state index in [1.807, 2.05) is 0 Å². The molecule has 232 valence electrons. The number of carbonyl (C=O) groups is 3. The number of carboxylic acid groups (broad SMARTS) is 1. The van der Waals surface area contributed by atoms with Crippen molar-refractivity contribution >= 4 is 40.1 Å². The van der Waals surface area contributed by atoms with Gasteiger partial charge in [0.05, 0.1) is 6.42 Å². The van der Waals surface area contributed by atoms with Crippen LogP contribution < -0.4 is 9.80 Å². The van der Waals surface area contributed by atoms with Gasteiger partial charge in [-0.15, -0.1) is 0 Å². The lowest BCUT2D eigenvalue weighted by Gasteiger charge is -2.29. The number of aromatic nitrogens is 2. The van der Waals surface area contributed by atoms with Crippen LogP contribution in [0.4, 0.5) is 19.7 Å². The quantitative estimate of drug-likeness (QED) is 0.291. The number of thiazole rings is 1. The molecule has 1 atom stereocenters. The number of hydrogen-bond acceptors (Lipinski definition) is 7. The average molecular weight is 625 g/mol. The first-order chi connectivity index (χ1) is 21.3. The van der Waals surface area contributed by atoms with Crippen molar-refractivity contribution in [2.75, 3.05) is 29.6 Å². The molecule has 2 saturated heterocycles. The van der Waals surface area contributed by atoms with Gasteiger partial charge in [0.15, 0.2) is 5.13 Å². The van der Waals surface area contributed by atoms with Crippen LogP contribution in [0.2, 0.25) is 0 Å². The summed E-state index contributed by atoms with van der Waals surface area (Å²) in [5.74, 6) is -2.06. The first-order valence-corrected chi connectivity index (χ1v) is 16.0. The number of hydrogen-bond donors (Lipinski definition) is 1. The molecule has 0 radical (unpaired) electrons. The van der Waals surface area contributed by atoms with Crippen molar-refractivity contribution in [3.05, 3.63) is 47.5 Å². The van der Waals surface area contributed by atoms with Gasteiger partial charge in [0, 0.05) is 55.5 Å². The minimum absolute atomic E-state index is 0.0177. The summed E-state index contributed by atoms with van der Waals surface area (Å²) in [7, 11) is 0. The lowest BCUT2D eigenvalue weighted by atomic mass is 9.86. The second-order valence-corrected chi connectivity index (χ2v) is 12.7. The van der Waals surface area contributed by atoms with Gasteiger partial charge in [-0.3, -0.25) is 24.2 Å². The van der Waals surface area contributed by atoms with E-state index in [1.165, 1.54) is 23.1 Å². The Morgan fingerprint density at radius 1 is 1.09 bits per heavy atom. The first kappa shape index (κ1) is 30.3. The van der Waals surface area contributed by atoms with Crippen LogP contribution in [0, 0.1) is 22.8 Å². The molecule has 3 aromatic rings. The fourth-order valence-electron chi connectivity index (χ4n) is 6.10. The average Bonchev–Trinajstić information content (AvgIpc) is 3.78. The summed E-state index contributed by atoms with van der Waals surface area (Å²) in [4.78, 5) is 50.1. The molecule has 6 rings (SSSR count). The number of rotatable bonds is 10. The minimum Gasteiger partial charge on any atom is -0.481 e. The van der Waals surface area contributed by atoms with E-state index in [2.05, 4.69) is 9.97 Å². The third kappa shape index (κ3) is 6.66. The number of aliphatic carboxylic acids is 1. The molecule has 0 spiro atoms. The van der Waals surface area contributed by atoms with Crippen molar-refractivity contribution in [2.24, 2.45) is 11.8 Å². The van der Waals surface area contributed by atoms with Gasteiger partial charge in [0.25, 0.3) is 0 Å². The van der Waals surface area contributed by atoms with Crippen molar-refractivity contribution in [1.82, 2.24) is 9.97 Å². The van der Waals surface area contributed by atoms with Crippen LogP contribution in [0.15, 0.2) is 36.5 Å². The predicted octanol–water partition coefficient (Wildman–Crippen LogP) is 6.07. The summed E-state index contributed by atoms with van der Waals surface area (Å²) in [5.41, 5.74) is 1.21. The molecule has 3 aliphatic rings. The highest BCUT2D eigenvalue weighted by Crippen LogP contribution is 2.42. The molecule has 1 aromatic carbocycles. The zero-order valence-corrected chi connectivity index (χ0v) is 25.0. The van der Waals surface area contributed by atoms with Crippen molar-refractivity contribution in [1.29, 1.82) is 0 Å². The monoisotopic (exact) mass is 624 g/mol. The number of amides is 2. The number of pyridine rings is 1. The van der Waals surface area contributed by atoms with Crippen molar-refractivity contribution in [2.45, 2.75) is 63.8 Å². The normalized spacial score (nSPS) is 18.3. The fraction of sp³-hybridized carbons (Fsp3) is 0.469. The molecule has 1 unspecified atom stereocenters. The molecule has 2 aliphatic heterocycles. The van der Waals surface area contributed by atoms with Crippen LogP contribution in [0.3, 0.4) is 0 Å². The van der Waals surface area contributed by atoms with E-state index in [0.717, 1.165) is 25.7 Å². The van der Waals surface area contributed by atoms with E-state index in [-0.39, 0.29) is 46.6 Å². The van der Waals surface area contributed by atoms with Gasteiger partial charge in [0.2, 0.25) is 16.9 Å². The van der Waals surface area contributed by atoms with E-state index < -0.39 is 22.8 Å². The van der Waals surface area contributed by atoms with Gasteiger partial charge in [-0.05, 0) is 80.7 Å². The SMILES string of the molecule is O=C(O)CC(CC1CCOCC1)C(=O)N(c1nc(-c2cc(F)ccc2-c2ccc(N3CCCCC3=O)nc2)c(F)s1)C1CC1. The number of piperidine rings is 1. The fourth-order valence-corrected chi connectivity index (χ4v) is 6.99. The van der Waals surface area contributed by atoms with Crippen LogP contribution in [0.1, 0.15) is 57.8 Å². The van der Waals surface area contributed by atoms with Crippen LogP contribution in [0.25, 0.3) is 22.4 Å². The van der Waals surface area contributed by atoms with Crippen LogP contribution in [-0.2, 0) is 19.1 Å². The van der Waals surface area contributed by atoms with Crippen LogP contribution in [0.5, 0.6) is 0 Å². The Labute approximate surface area is 257 Å². The lowest BCUT2D eigenvalue weighted by molar-refractivity contribution is -0.141. The molecule has 3 fully saturated rings. The molecule has 2 aromatic heterocycles. The third-order valence-corrected chi connectivity index (χ3v) is 9.40. The van der Waals surface area contributed by atoms with Crippen molar-refractivity contribution < 1.29 is 33.0 Å². The zero-order chi connectivity index (χ0) is 30.8. The maximum absolute atomic E-state index is 15.7. The van der Waals surface area contributed by atoms with Gasteiger partial charge in [-0.25, -0.2) is 14.4 Å². The Hall–Kier alpha value is -3.77. The number of ether oxygens (including phenoxy) is 1. The largest absolute Gasteiger partial charge is 0.481 e. The molecule has 9 nitrogen and oxygen atoms in total. The van der Waals surface area contributed by atoms with Crippen LogP contribution in [-0.4, -0.2) is 58.7 Å². The zero-order valence-electron chi connectivity index (χ0n) is 24.2. The maximum Gasteiger partial charge on any atom is 0.304 e. The van der Waals surface area contributed by atoms with Crippen molar-refractivity contribution in [3.8, 4) is 22.4 Å². The molecule has 12 heteroatoms. The number of benzene rings is 1. The van der Waals surface area contributed by atoms with Gasteiger partial charge in [-0.1, -0.05) is 17.4 Å². The van der Waals surface area contributed by atoms with Gasteiger partial charge >= 0.3 is 5.97 Å². The highest BCUT2D eigenvalue weighted by Gasteiger charge is 2.40. The van der Waals surface area contributed by atoms with Gasteiger partial charge in [0.1, 0.15) is 17.3 Å². The number of carboxylic acids is 1. The summed E-state index contributed by atoms with van der Waals surface area (Å²) in [5, 5.41) is 9.07. The standard InChI is InChI=1S/C32H34F2N4O5S/c33-22-5-8-24(20-4-9-26(35-18-20)37-12-2-1-3-27(37)39)25(17-22)29-30(34)44-32(36-29)38(23-6-7-23)31(42)21(16-28(40)41)15-19-10-13-43-14-11-19/h4-5,8-9,17-19,21,23H,1-3,6-7,10-16H2,(H,40,41). The van der Waals surface area contributed by atoms with Crippen molar-refractivity contribution in [3.63, 3.8) is 0 Å². The molecular weight excluding hydrogens is 590 g/mol. The number of carbonyl (C=O) groups excluding carboxylic acids is 2. The van der Waals surface area contributed by atoms with E-state index in [0.29, 0.717) is 73.7 Å². The molecule has 44 heavy (non-hydrogen) atoms. The summed E-state index contributed by atoms with van der Waals surface area (Å²) >= 11 is 0.705. The Balaban J connectivity index is 1.30.